The number of aliphatic hydroxyl groups excluding tert-OH is 1. The van der Waals surface area contributed by atoms with Crippen LogP contribution in [0.3, 0.4) is 0 Å². The Hall–Kier alpha value is -0.610. The molecular weight excluding hydrogens is 238 g/mol. The molecule has 0 aromatic heterocycles. The Morgan fingerprint density at radius 3 is 2.82 bits per heavy atom. The van der Waals surface area contributed by atoms with Crippen molar-refractivity contribution in [2.45, 2.75) is 13.5 Å². The lowest BCUT2D eigenvalue weighted by Crippen LogP contribution is -2.27. The lowest BCUT2D eigenvalue weighted by molar-refractivity contribution is 0.0732. The largest absolute Gasteiger partial charge is 0.394 e. The van der Waals surface area contributed by atoms with Crippen molar-refractivity contribution >= 4 is 11.6 Å². The van der Waals surface area contributed by atoms with Gasteiger partial charge in [-0.3, -0.25) is 4.90 Å². The predicted octanol–water partition coefficient (Wildman–Crippen LogP) is 2.17. The SMILES string of the molecule is CCN(CCOCCO)Cc1cccc(Cl)c1. The van der Waals surface area contributed by atoms with Crippen molar-refractivity contribution in [3.63, 3.8) is 0 Å². The average Bonchev–Trinajstić information content (AvgIpc) is 2.33. The van der Waals surface area contributed by atoms with Crippen molar-refractivity contribution in [1.29, 1.82) is 0 Å². The molecule has 0 bridgehead atoms. The van der Waals surface area contributed by atoms with Crippen LogP contribution in [0.1, 0.15) is 12.5 Å². The summed E-state index contributed by atoms with van der Waals surface area (Å²) in [5.41, 5.74) is 1.21. The average molecular weight is 258 g/mol. The van der Waals surface area contributed by atoms with E-state index in [2.05, 4.69) is 17.9 Å². The fourth-order valence-corrected chi connectivity index (χ4v) is 1.82. The van der Waals surface area contributed by atoms with Gasteiger partial charge >= 0.3 is 0 Å². The molecule has 0 atom stereocenters. The highest BCUT2D eigenvalue weighted by Crippen LogP contribution is 2.12. The van der Waals surface area contributed by atoms with Gasteiger partial charge in [0.2, 0.25) is 0 Å². The molecule has 1 aromatic carbocycles. The third-order valence-corrected chi connectivity index (χ3v) is 2.76. The standard InChI is InChI=1S/C13H20ClNO2/c1-2-15(6-8-17-9-7-16)11-12-4-3-5-13(14)10-12/h3-5,10,16H,2,6-9,11H2,1H3. The van der Waals surface area contributed by atoms with Gasteiger partial charge in [0, 0.05) is 18.1 Å². The fourth-order valence-electron chi connectivity index (χ4n) is 1.60. The lowest BCUT2D eigenvalue weighted by atomic mass is 10.2. The van der Waals surface area contributed by atoms with E-state index in [1.54, 1.807) is 0 Å². The molecule has 0 unspecified atom stereocenters. The first-order valence-electron chi connectivity index (χ1n) is 5.91. The van der Waals surface area contributed by atoms with Crippen LogP contribution in [-0.4, -0.2) is 42.9 Å². The summed E-state index contributed by atoms with van der Waals surface area (Å²) in [5.74, 6) is 0. The maximum absolute atomic E-state index is 8.60. The monoisotopic (exact) mass is 257 g/mol. The molecule has 0 aliphatic carbocycles. The van der Waals surface area contributed by atoms with Crippen LogP contribution < -0.4 is 0 Å². The number of ether oxygens (including phenoxy) is 1. The van der Waals surface area contributed by atoms with Crippen molar-refractivity contribution in [2.75, 3.05) is 32.9 Å². The molecule has 0 aliphatic rings. The molecule has 1 aromatic rings. The van der Waals surface area contributed by atoms with E-state index in [4.69, 9.17) is 21.4 Å². The molecule has 3 nitrogen and oxygen atoms in total. The molecule has 0 amide bonds. The number of likely N-dealkylation sites (N-methyl/N-ethyl adjacent to an activating group) is 1. The molecule has 0 radical (unpaired) electrons. The van der Waals surface area contributed by atoms with Gasteiger partial charge in [0.1, 0.15) is 0 Å². The maximum Gasteiger partial charge on any atom is 0.0698 e. The van der Waals surface area contributed by atoms with Crippen LogP contribution in [0.4, 0.5) is 0 Å². The summed E-state index contributed by atoms with van der Waals surface area (Å²) in [5, 5.41) is 9.37. The van der Waals surface area contributed by atoms with Crippen LogP contribution in [0.2, 0.25) is 5.02 Å². The molecule has 1 N–H and O–H groups in total. The Labute approximate surface area is 108 Å². The number of halogens is 1. The molecule has 4 heteroatoms. The number of hydrogen-bond acceptors (Lipinski definition) is 3. The molecule has 0 heterocycles. The summed E-state index contributed by atoms with van der Waals surface area (Å²) in [6.45, 7) is 5.97. The third-order valence-electron chi connectivity index (χ3n) is 2.53. The number of hydrogen-bond donors (Lipinski definition) is 1. The van der Waals surface area contributed by atoms with Gasteiger partial charge < -0.3 is 9.84 Å². The van der Waals surface area contributed by atoms with Crippen molar-refractivity contribution in [3.05, 3.63) is 34.9 Å². The topological polar surface area (TPSA) is 32.7 Å². The Bertz CT molecular complexity index is 320. The minimum absolute atomic E-state index is 0.0837. The molecule has 96 valence electrons. The highest BCUT2D eigenvalue weighted by molar-refractivity contribution is 6.30. The van der Waals surface area contributed by atoms with E-state index in [9.17, 15) is 0 Å². The number of nitrogens with zero attached hydrogens (tertiary/aromatic N) is 1. The molecule has 0 saturated heterocycles. The lowest BCUT2D eigenvalue weighted by Gasteiger charge is -2.20. The van der Waals surface area contributed by atoms with Crippen molar-refractivity contribution < 1.29 is 9.84 Å². The Kier molecular flexibility index (Phi) is 7.21. The van der Waals surface area contributed by atoms with Gasteiger partial charge in [-0.05, 0) is 24.2 Å². The smallest absolute Gasteiger partial charge is 0.0698 e. The normalized spacial score (nSPS) is 11.1. The maximum atomic E-state index is 8.60. The molecule has 0 saturated carbocycles. The summed E-state index contributed by atoms with van der Waals surface area (Å²) in [6.07, 6.45) is 0. The van der Waals surface area contributed by atoms with Crippen LogP contribution >= 0.6 is 11.6 Å². The first-order chi connectivity index (χ1) is 8.26. The van der Waals surface area contributed by atoms with Crippen LogP contribution in [-0.2, 0) is 11.3 Å². The van der Waals surface area contributed by atoms with E-state index in [0.29, 0.717) is 13.2 Å². The summed E-state index contributed by atoms with van der Waals surface area (Å²) < 4.78 is 5.26. The van der Waals surface area contributed by atoms with E-state index < -0.39 is 0 Å². The van der Waals surface area contributed by atoms with Gasteiger partial charge in [0.15, 0.2) is 0 Å². The fraction of sp³-hybridized carbons (Fsp3) is 0.538. The van der Waals surface area contributed by atoms with E-state index in [-0.39, 0.29) is 6.61 Å². The van der Waals surface area contributed by atoms with Crippen molar-refractivity contribution in [2.24, 2.45) is 0 Å². The Balaban J connectivity index is 2.35. The quantitative estimate of drug-likeness (QED) is 0.725. The van der Waals surface area contributed by atoms with Gasteiger partial charge in [-0.2, -0.15) is 0 Å². The predicted molar refractivity (Wildman–Crippen MR) is 70.3 cm³/mol. The van der Waals surface area contributed by atoms with Gasteiger partial charge in [0.05, 0.1) is 19.8 Å². The van der Waals surface area contributed by atoms with E-state index in [0.717, 1.165) is 24.7 Å². The molecule has 0 spiro atoms. The molecular formula is C13H20ClNO2. The van der Waals surface area contributed by atoms with Crippen LogP contribution in [0.25, 0.3) is 0 Å². The minimum Gasteiger partial charge on any atom is -0.394 e. The van der Waals surface area contributed by atoms with E-state index in [1.807, 2.05) is 18.2 Å². The van der Waals surface area contributed by atoms with Crippen LogP contribution in [0.5, 0.6) is 0 Å². The second kappa shape index (κ2) is 8.48. The first kappa shape index (κ1) is 14.5. The number of aliphatic hydroxyl groups is 1. The first-order valence-corrected chi connectivity index (χ1v) is 6.29. The number of rotatable bonds is 8. The summed E-state index contributed by atoms with van der Waals surface area (Å²) in [7, 11) is 0. The molecule has 1 rings (SSSR count). The van der Waals surface area contributed by atoms with Crippen LogP contribution in [0, 0.1) is 0 Å². The molecule has 0 fully saturated rings. The van der Waals surface area contributed by atoms with Gasteiger partial charge in [-0.15, -0.1) is 0 Å². The van der Waals surface area contributed by atoms with Crippen LogP contribution in [0.15, 0.2) is 24.3 Å². The van der Waals surface area contributed by atoms with E-state index in [1.165, 1.54) is 5.56 Å². The second-order valence-electron chi connectivity index (χ2n) is 3.83. The van der Waals surface area contributed by atoms with Crippen molar-refractivity contribution in [3.8, 4) is 0 Å². The highest BCUT2D eigenvalue weighted by atomic mass is 35.5. The third kappa shape index (κ3) is 6.03. The second-order valence-corrected chi connectivity index (χ2v) is 4.27. The summed E-state index contributed by atoms with van der Waals surface area (Å²) >= 11 is 5.95. The Morgan fingerprint density at radius 1 is 1.35 bits per heavy atom. The zero-order chi connectivity index (χ0) is 12.5. The zero-order valence-electron chi connectivity index (χ0n) is 10.2. The summed E-state index contributed by atoms with van der Waals surface area (Å²) in [4.78, 5) is 2.28. The summed E-state index contributed by atoms with van der Waals surface area (Å²) in [6, 6.07) is 7.90. The van der Waals surface area contributed by atoms with E-state index >= 15 is 0 Å². The number of benzene rings is 1. The molecule has 17 heavy (non-hydrogen) atoms. The minimum atomic E-state index is 0.0837. The molecule has 0 aliphatic heterocycles. The highest BCUT2D eigenvalue weighted by Gasteiger charge is 2.03. The van der Waals surface area contributed by atoms with Crippen molar-refractivity contribution in [1.82, 2.24) is 4.90 Å². The zero-order valence-corrected chi connectivity index (χ0v) is 11.0. The van der Waals surface area contributed by atoms with Gasteiger partial charge in [0.25, 0.3) is 0 Å². The van der Waals surface area contributed by atoms with Gasteiger partial charge in [-0.1, -0.05) is 30.7 Å². The van der Waals surface area contributed by atoms with Gasteiger partial charge in [-0.25, -0.2) is 0 Å². The Morgan fingerprint density at radius 2 is 2.18 bits per heavy atom.